The molecule has 1 saturated heterocycles. The number of hydrogen-bond acceptors (Lipinski definition) is 3. The van der Waals surface area contributed by atoms with Crippen LogP contribution in [0.5, 0.6) is 0 Å². The third-order valence-corrected chi connectivity index (χ3v) is 2.34. The molecule has 0 atom stereocenters. The fourth-order valence-corrected chi connectivity index (χ4v) is 1.37. The van der Waals surface area contributed by atoms with E-state index >= 15 is 0 Å². The molecular formula is C9H15NO3. The van der Waals surface area contributed by atoms with Gasteiger partial charge in [0.05, 0.1) is 13.2 Å². The van der Waals surface area contributed by atoms with Gasteiger partial charge in [0.25, 0.3) is 0 Å². The summed E-state index contributed by atoms with van der Waals surface area (Å²) in [6, 6.07) is 0.382. The first-order chi connectivity index (χ1) is 6.34. The van der Waals surface area contributed by atoms with Crippen molar-refractivity contribution in [1.29, 1.82) is 0 Å². The Morgan fingerprint density at radius 1 is 1.23 bits per heavy atom. The van der Waals surface area contributed by atoms with Gasteiger partial charge in [0, 0.05) is 18.9 Å². The molecule has 0 aromatic carbocycles. The van der Waals surface area contributed by atoms with Gasteiger partial charge in [-0.25, -0.2) is 4.79 Å². The van der Waals surface area contributed by atoms with Crippen molar-refractivity contribution in [3.63, 3.8) is 0 Å². The molecule has 4 heteroatoms. The van der Waals surface area contributed by atoms with Gasteiger partial charge in [-0.3, -0.25) is 0 Å². The summed E-state index contributed by atoms with van der Waals surface area (Å²) in [5.41, 5.74) is 0. The van der Waals surface area contributed by atoms with Crippen molar-refractivity contribution in [2.75, 3.05) is 13.2 Å². The Morgan fingerprint density at radius 2 is 1.92 bits per heavy atom. The van der Waals surface area contributed by atoms with Gasteiger partial charge < -0.3 is 14.8 Å². The first-order valence-electron chi connectivity index (χ1n) is 4.89. The number of amides is 1. The Bertz CT molecular complexity index is 185. The van der Waals surface area contributed by atoms with E-state index in [1.165, 1.54) is 0 Å². The van der Waals surface area contributed by atoms with Crippen LogP contribution in [0, 0.1) is 0 Å². The van der Waals surface area contributed by atoms with E-state index in [1.807, 2.05) is 0 Å². The molecule has 0 bridgehead atoms. The fraction of sp³-hybridized carbons (Fsp3) is 0.889. The number of hydrogen-bond donors (Lipinski definition) is 1. The molecule has 1 amide bonds. The van der Waals surface area contributed by atoms with E-state index in [9.17, 15) is 4.79 Å². The van der Waals surface area contributed by atoms with E-state index < -0.39 is 0 Å². The smallest absolute Gasteiger partial charge is 0.407 e. The molecule has 4 nitrogen and oxygen atoms in total. The molecule has 1 saturated carbocycles. The lowest BCUT2D eigenvalue weighted by atomic mass is 10.2. The second-order valence-electron chi connectivity index (χ2n) is 3.64. The Hall–Kier alpha value is -0.770. The predicted octanol–water partition coefficient (Wildman–Crippen LogP) is 1.05. The van der Waals surface area contributed by atoms with Gasteiger partial charge in [0.15, 0.2) is 0 Å². The second-order valence-corrected chi connectivity index (χ2v) is 3.64. The fourth-order valence-electron chi connectivity index (χ4n) is 1.37. The van der Waals surface area contributed by atoms with Crippen LogP contribution in [0.2, 0.25) is 0 Å². The first kappa shape index (κ1) is 8.81. The van der Waals surface area contributed by atoms with Gasteiger partial charge in [-0.2, -0.15) is 0 Å². The lowest BCUT2D eigenvalue weighted by Gasteiger charge is -2.22. The Kier molecular flexibility index (Phi) is 2.68. The molecule has 2 fully saturated rings. The van der Waals surface area contributed by atoms with Crippen LogP contribution in [0.15, 0.2) is 0 Å². The quantitative estimate of drug-likeness (QED) is 0.699. The van der Waals surface area contributed by atoms with Crippen molar-refractivity contribution >= 4 is 6.09 Å². The highest BCUT2D eigenvalue weighted by Crippen LogP contribution is 2.19. The van der Waals surface area contributed by atoms with Crippen LogP contribution in [-0.2, 0) is 9.47 Å². The van der Waals surface area contributed by atoms with Crippen molar-refractivity contribution in [3.8, 4) is 0 Å². The molecule has 2 rings (SSSR count). The highest BCUT2D eigenvalue weighted by Gasteiger charge is 2.25. The lowest BCUT2D eigenvalue weighted by Crippen LogP contribution is -2.33. The van der Waals surface area contributed by atoms with E-state index in [2.05, 4.69) is 5.32 Å². The monoisotopic (exact) mass is 185 g/mol. The summed E-state index contributed by atoms with van der Waals surface area (Å²) in [5, 5.41) is 2.80. The summed E-state index contributed by atoms with van der Waals surface area (Å²) in [4.78, 5) is 11.2. The third kappa shape index (κ3) is 2.88. The average molecular weight is 185 g/mol. The second kappa shape index (κ2) is 3.96. The zero-order valence-corrected chi connectivity index (χ0v) is 7.62. The standard InChI is InChI=1S/C9H15NO3/c11-9(10-7-1-2-7)13-8-3-5-12-6-4-8/h7-8H,1-6H2,(H,10,11). The summed E-state index contributed by atoms with van der Waals surface area (Å²) < 4.78 is 10.4. The SMILES string of the molecule is O=C(NC1CC1)OC1CCOCC1. The molecule has 74 valence electrons. The van der Waals surface area contributed by atoms with E-state index in [0.29, 0.717) is 19.3 Å². The summed E-state index contributed by atoms with van der Waals surface area (Å²) in [5.74, 6) is 0. The number of rotatable bonds is 2. The molecule has 1 heterocycles. The van der Waals surface area contributed by atoms with Crippen molar-refractivity contribution in [2.24, 2.45) is 0 Å². The minimum Gasteiger partial charge on any atom is -0.446 e. The number of carbonyl (C=O) groups excluding carboxylic acids is 1. The van der Waals surface area contributed by atoms with Crippen LogP contribution in [-0.4, -0.2) is 31.5 Å². The maximum absolute atomic E-state index is 11.2. The topological polar surface area (TPSA) is 47.6 Å². The molecular weight excluding hydrogens is 170 g/mol. The summed E-state index contributed by atoms with van der Waals surface area (Å²) in [7, 11) is 0. The Labute approximate surface area is 77.6 Å². The minimum atomic E-state index is -0.255. The van der Waals surface area contributed by atoms with E-state index in [1.54, 1.807) is 0 Å². The van der Waals surface area contributed by atoms with Crippen LogP contribution in [0.3, 0.4) is 0 Å². The largest absolute Gasteiger partial charge is 0.446 e. The Balaban J connectivity index is 1.66. The molecule has 0 aromatic rings. The molecule has 1 aliphatic carbocycles. The summed E-state index contributed by atoms with van der Waals surface area (Å²) in [6.07, 6.45) is 3.67. The van der Waals surface area contributed by atoms with Crippen LogP contribution in [0.4, 0.5) is 4.79 Å². The maximum Gasteiger partial charge on any atom is 0.407 e. The zero-order valence-electron chi connectivity index (χ0n) is 7.62. The number of ether oxygens (including phenoxy) is 2. The van der Waals surface area contributed by atoms with Crippen molar-refractivity contribution in [2.45, 2.75) is 37.8 Å². The van der Waals surface area contributed by atoms with E-state index in [0.717, 1.165) is 25.7 Å². The van der Waals surface area contributed by atoms with E-state index in [4.69, 9.17) is 9.47 Å². The molecule has 1 N–H and O–H groups in total. The molecule has 1 aliphatic heterocycles. The minimum absolute atomic E-state index is 0.0625. The van der Waals surface area contributed by atoms with Crippen LogP contribution >= 0.6 is 0 Å². The van der Waals surface area contributed by atoms with Crippen molar-refractivity contribution < 1.29 is 14.3 Å². The number of carbonyl (C=O) groups is 1. The van der Waals surface area contributed by atoms with Gasteiger partial charge in [-0.15, -0.1) is 0 Å². The van der Waals surface area contributed by atoms with Crippen LogP contribution < -0.4 is 5.32 Å². The van der Waals surface area contributed by atoms with Crippen LogP contribution in [0.25, 0.3) is 0 Å². The van der Waals surface area contributed by atoms with Crippen molar-refractivity contribution in [1.82, 2.24) is 5.32 Å². The van der Waals surface area contributed by atoms with E-state index in [-0.39, 0.29) is 12.2 Å². The highest BCUT2D eigenvalue weighted by molar-refractivity contribution is 5.68. The van der Waals surface area contributed by atoms with Gasteiger partial charge in [-0.05, 0) is 12.8 Å². The first-order valence-corrected chi connectivity index (χ1v) is 4.89. The van der Waals surface area contributed by atoms with Gasteiger partial charge in [0.1, 0.15) is 6.10 Å². The third-order valence-electron chi connectivity index (χ3n) is 2.34. The number of alkyl carbamates (subject to hydrolysis) is 1. The molecule has 0 unspecified atom stereocenters. The van der Waals surface area contributed by atoms with Crippen molar-refractivity contribution in [3.05, 3.63) is 0 Å². The average Bonchev–Trinajstić information content (AvgIpc) is 2.90. The summed E-state index contributed by atoms with van der Waals surface area (Å²) >= 11 is 0. The zero-order chi connectivity index (χ0) is 9.10. The predicted molar refractivity (Wildman–Crippen MR) is 46.5 cm³/mol. The molecule has 0 aromatic heterocycles. The van der Waals surface area contributed by atoms with Gasteiger partial charge in [0.2, 0.25) is 0 Å². The normalized spacial score (nSPS) is 24.0. The lowest BCUT2D eigenvalue weighted by molar-refractivity contribution is 0.00153. The Morgan fingerprint density at radius 3 is 2.54 bits per heavy atom. The molecule has 0 radical (unpaired) electrons. The number of nitrogens with one attached hydrogen (secondary N) is 1. The van der Waals surface area contributed by atoms with Crippen LogP contribution in [0.1, 0.15) is 25.7 Å². The van der Waals surface area contributed by atoms with Gasteiger partial charge in [-0.1, -0.05) is 0 Å². The molecule has 0 spiro atoms. The maximum atomic E-state index is 11.2. The van der Waals surface area contributed by atoms with Gasteiger partial charge >= 0.3 is 6.09 Å². The summed E-state index contributed by atoms with van der Waals surface area (Å²) in [6.45, 7) is 1.42. The highest BCUT2D eigenvalue weighted by atomic mass is 16.6. The molecule has 13 heavy (non-hydrogen) atoms. The molecule has 2 aliphatic rings.